The van der Waals surface area contributed by atoms with Crippen molar-refractivity contribution in [1.29, 1.82) is 0 Å². The van der Waals surface area contributed by atoms with Crippen molar-refractivity contribution in [3.63, 3.8) is 0 Å². The smallest absolute Gasteiger partial charge is 0.127 e. The summed E-state index contributed by atoms with van der Waals surface area (Å²) in [6, 6.07) is 1.82. The quantitative estimate of drug-likeness (QED) is 0.447. The maximum absolute atomic E-state index is 5.52. The topological polar surface area (TPSA) is 51.8 Å². The zero-order valence-electron chi connectivity index (χ0n) is 7.86. The molecule has 1 aromatic heterocycles. The van der Waals surface area contributed by atoms with Crippen molar-refractivity contribution >= 4 is 17.6 Å². The molecule has 3 nitrogen and oxygen atoms in total. The Morgan fingerprint density at radius 3 is 2.92 bits per heavy atom. The van der Waals surface area contributed by atoms with Gasteiger partial charge in [-0.25, -0.2) is 9.97 Å². The van der Waals surface area contributed by atoms with Gasteiger partial charge in [-0.3, -0.25) is 0 Å². The van der Waals surface area contributed by atoms with Gasteiger partial charge in [0, 0.05) is 6.07 Å². The Balaban J connectivity index is 2.28. The highest BCUT2D eigenvalue weighted by Crippen LogP contribution is 2.17. The van der Waals surface area contributed by atoms with Crippen LogP contribution in [0.4, 0.5) is 5.82 Å². The van der Waals surface area contributed by atoms with Crippen molar-refractivity contribution in [1.82, 2.24) is 9.97 Å². The summed E-state index contributed by atoms with van der Waals surface area (Å²) in [7, 11) is 0. The molecule has 0 aliphatic carbocycles. The summed E-state index contributed by atoms with van der Waals surface area (Å²) in [5.41, 5.74) is 5.52. The summed E-state index contributed by atoms with van der Waals surface area (Å²) in [5.74, 6) is 1.66. The van der Waals surface area contributed by atoms with Crippen molar-refractivity contribution in [2.75, 3.05) is 11.5 Å². The van der Waals surface area contributed by atoms with E-state index in [1.54, 1.807) is 11.8 Å². The van der Waals surface area contributed by atoms with Crippen LogP contribution in [0.3, 0.4) is 0 Å². The van der Waals surface area contributed by atoms with Gasteiger partial charge in [0.15, 0.2) is 0 Å². The van der Waals surface area contributed by atoms with Gasteiger partial charge in [-0.15, -0.1) is 11.8 Å². The van der Waals surface area contributed by atoms with Gasteiger partial charge in [-0.05, 0) is 12.2 Å². The molecule has 0 unspecified atom stereocenters. The average Bonchev–Trinajstić information content (AvgIpc) is 2.13. The van der Waals surface area contributed by atoms with Crippen molar-refractivity contribution in [3.05, 3.63) is 12.4 Å². The van der Waals surface area contributed by atoms with Gasteiger partial charge in [0.05, 0.1) is 0 Å². The molecule has 0 amide bonds. The van der Waals surface area contributed by atoms with Crippen LogP contribution in [0.5, 0.6) is 0 Å². The van der Waals surface area contributed by atoms with Gasteiger partial charge in [0.2, 0.25) is 0 Å². The normalized spacial score (nSPS) is 10.2. The van der Waals surface area contributed by atoms with E-state index in [0.717, 1.165) is 10.8 Å². The maximum Gasteiger partial charge on any atom is 0.127 e. The lowest BCUT2D eigenvalue weighted by Gasteiger charge is -1.99. The van der Waals surface area contributed by atoms with Crippen LogP contribution in [0.15, 0.2) is 17.4 Å². The van der Waals surface area contributed by atoms with E-state index in [0.29, 0.717) is 5.82 Å². The highest BCUT2D eigenvalue weighted by atomic mass is 32.2. The molecule has 0 aliphatic heterocycles. The molecule has 72 valence electrons. The zero-order valence-corrected chi connectivity index (χ0v) is 8.68. The number of hydrogen-bond donors (Lipinski definition) is 1. The van der Waals surface area contributed by atoms with Crippen LogP contribution in [0.1, 0.15) is 26.2 Å². The van der Waals surface area contributed by atoms with E-state index in [9.17, 15) is 0 Å². The predicted molar refractivity (Wildman–Crippen MR) is 56.7 cm³/mol. The molecule has 0 saturated carbocycles. The first-order valence-electron chi connectivity index (χ1n) is 4.53. The SMILES string of the molecule is CCCCCSc1cc(N)ncn1. The number of nitrogens with zero attached hydrogens (tertiary/aromatic N) is 2. The molecule has 0 bridgehead atoms. The minimum Gasteiger partial charge on any atom is -0.384 e. The number of anilines is 1. The van der Waals surface area contributed by atoms with Crippen LogP contribution in [0.25, 0.3) is 0 Å². The van der Waals surface area contributed by atoms with E-state index in [1.165, 1.54) is 25.6 Å². The first-order valence-corrected chi connectivity index (χ1v) is 5.52. The van der Waals surface area contributed by atoms with Gasteiger partial charge in [0.25, 0.3) is 0 Å². The fraction of sp³-hybridized carbons (Fsp3) is 0.556. The molecule has 1 heterocycles. The Hall–Kier alpha value is -0.770. The van der Waals surface area contributed by atoms with Crippen LogP contribution in [-0.4, -0.2) is 15.7 Å². The molecular formula is C9H15N3S. The van der Waals surface area contributed by atoms with Crippen molar-refractivity contribution in [2.24, 2.45) is 0 Å². The fourth-order valence-corrected chi connectivity index (χ4v) is 1.84. The van der Waals surface area contributed by atoms with Crippen LogP contribution >= 0.6 is 11.8 Å². The number of nitrogens with two attached hydrogens (primary N) is 1. The Morgan fingerprint density at radius 2 is 2.23 bits per heavy atom. The number of hydrogen-bond acceptors (Lipinski definition) is 4. The van der Waals surface area contributed by atoms with E-state index >= 15 is 0 Å². The minimum atomic E-state index is 0.549. The Morgan fingerprint density at radius 1 is 1.38 bits per heavy atom. The molecule has 1 rings (SSSR count). The Labute approximate surface area is 83.2 Å². The van der Waals surface area contributed by atoms with Crippen molar-refractivity contribution in [3.8, 4) is 0 Å². The van der Waals surface area contributed by atoms with Crippen LogP contribution in [0, 0.1) is 0 Å². The first-order chi connectivity index (χ1) is 6.33. The van der Waals surface area contributed by atoms with Crippen LogP contribution in [-0.2, 0) is 0 Å². The second-order valence-electron chi connectivity index (χ2n) is 2.84. The number of aromatic nitrogens is 2. The highest BCUT2D eigenvalue weighted by Gasteiger charge is 1.96. The van der Waals surface area contributed by atoms with Gasteiger partial charge < -0.3 is 5.73 Å². The fourth-order valence-electron chi connectivity index (χ4n) is 0.961. The van der Waals surface area contributed by atoms with E-state index in [4.69, 9.17) is 5.73 Å². The lowest BCUT2D eigenvalue weighted by atomic mass is 10.3. The Bertz CT molecular complexity index is 252. The van der Waals surface area contributed by atoms with E-state index in [1.807, 2.05) is 6.07 Å². The summed E-state index contributed by atoms with van der Waals surface area (Å²) >= 11 is 1.74. The molecule has 0 fully saturated rings. The lowest BCUT2D eigenvalue weighted by Crippen LogP contribution is -1.92. The number of unbranched alkanes of at least 4 members (excludes halogenated alkanes) is 2. The van der Waals surface area contributed by atoms with Gasteiger partial charge >= 0.3 is 0 Å². The number of thioether (sulfide) groups is 1. The minimum absolute atomic E-state index is 0.549. The Kier molecular flexibility index (Phi) is 4.60. The largest absolute Gasteiger partial charge is 0.384 e. The molecule has 0 radical (unpaired) electrons. The third kappa shape index (κ3) is 4.12. The molecule has 0 aromatic carbocycles. The third-order valence-electron chi connectivity index (χ3n) is 1.66. The zero-order chi connectivity index (χ0) is 9.52. The number of rotatable bonds is 5. The second kappa shape index (κ2) is 5.80. The van der Waals surface area contributed by atoms with Gasteiger partial charge in [-0.2, -0.15) is 0 Å². The van der Waals surface area contributed by atoms with Gasteiger partial charge in [-0.1, -0.05) is 19.8 Å². The molecule has 0 aliphatic rings. The predicted octanol–water partition coefficient (Wildman–Crippen LogP) is 2.34. The van der Waals surface area contributed by atoms with Gasteiger partial charge in [0.1, 0.15) is 17.2 Å². The highest BCUT2D eigenvalue weighted by molar-refractivity contribution is 7.99. The molecule has 1 aromatic rings. The van der Waals surface area contributed by atoms with E-state index < -0.39 is 0 Å². The monoisotopic (exact) mass is 197 g/mol. The summed E-state index contributed by atoms with van der Waals surface area (Å²) in [4.78, 5) is 7.95. The molecule has 0 spiro atoms. The van der Waals surface area contributed by atoms with Crippen molar-refractivity contribution < 1.29 is 0 Å². The third-order valence-corrected chi connectivity index (χ3v) is 2.67. The van der Waals surface area contributed by atoms with Crippen molar-refractivity contribution in [2.45, 2.75) is 31.2 Å². The first kappa shape index (κ1) is 10.3. The molecule has 0 atom stereocenters. The molecule has 0 saturated heterocycles. The summed E-state index contributed by atoms with van der Waals surface area (Å²) in [6.45, 7) is 2.20. The average molecular weight is 197 g/mol. The van der Waals surface area contributed by atoms with E-state index in [2.05, 4.69) is 16.9 Å². The van der Waals surface area contributed by atoms with Crippen LogP contribution < -0.4 is 5.73 Å². The number of nitrogen functional groups attached to an aromatic ring is 1. The summed E-state index contributed by atoms with van der Waals surface area (Å²) in [5, 5.41) is 0.976. The second-order valence-corrected chi connectivity index (χ2v) is 3.95. The summed E-state index contributed by atoms with van der Waals surface area (Å²) < 4.78 is 0. The lowest BCUT2D eigenvalue weighted by molar-refractivity contribution is 0.778. The molecule has 4 heteroatoms. The molecule has 2 N–H and O–H groups in total. The molecule has 13 heavy (non-hydrogen) atoms. The standard InChI is InChI=1S/C9H15N3S/c1-2-3-4-5-13-9-6-8(10)11-7-12-9/h6-7H,2-5H2,1H3,(H2,10,11,12). The molecular weight excluding hydrogens is 182 g/mol. The maximum atomic E-state index is 5.52. The summed E-state index contributed by atoms with van der Waals surface area (Å²) in [6.07, 6.45) is 5.29. The van der Waals surface area contributed by atoms with E-state index in [-0.39, 0.29) is 0 Å². The van der Waals surface area contributed by atoms with Crippen LogP contribution in [0.2, 0.25) is 0 Å².